The Kier molecular flexibility index (Phi) is 5.12. The molecule has 6 nitrogen and oxygen atoms in total. The quantitative estimate of drug-likeness (QED) is 0.683. The number of hydrogen-bond acceptors (Lipinski definition) is 5. The van der Waals surface area contributed by atoms with Gasteiger partial charge in [0.15, 0.2) is 15.4 Å². The van der Waals surface area contributed by atoms with Crippen LogP contribution in [0.15, 0.2) is 62.6 Å². The average Bonchev–Trinajstić information content (AvgIpc) is 3.08. The summed E-state index contributed by atoms with van der Waals surface area (Å²) in [6, 6.07) is 14.6. The maximum Gasteiger partial charge on any atom is 0.417 e. The fourth-order valence-corrected chi connectivity index (χ4v) is 5.36. The second-order valence-electron chi connectivity index (χ2n) is 7.49. The largest absolute Gasteiger partial charge is 0.417 e. The molecule has 1 aromatic heterocycles. The standard InChI is InChI=1S/C21H24N2O4S/c1-14(28(25,26)18-5-3-2-4-6-18)22-17-10-7-15(8-11-17)16-9-12-19-20(13-16)27-21(24)23-19/h2-6,9,12-15,17,22H,7-8,10-11H2,1H3,(H,23,24). The Morgan fingerprint density at radius 1 is 1.07 bits per heavy atom. The Morgan fingerprint density at radius 3 is 2.50 bits per heavy atom. The molecule has 1 atom stereocenters. The molecule has 0 spiro atoms. The molecule has 7 heteroatoms. The Balaban J connectivity index is 1.39. The van der Waals surface area contributed by atoms with Crippen molar-refractivity contribution in [2.45, 2.75) is 54.8 Å². The minimum absolute atomic E-state index is 0.179. The van der Waals surface area contributed by atoms with Crippen LogP contribution in [0.25, 0.3) is 11.1 Å². The van der Waals surface area contributed by atoms with Gasteiger partial charge < -0.3 is 4.42 Å². The summed E-state index contributed by atoms with van der Waals surface area (Å²) in [6.07, 6.45) is 3.76. The van der Waals surface area contributed by atoms with Gasteiger partial charge in [-0.05, 0) is 68.4 Å². The molecule has 1 heterocycles. The summed E-state index contributed by atoms with van der Waals surface area (Å²) in [5, 5.41) is 2.69. The van der Waals surface area contributed by atoms with Crippen LogP contribution in [0.3, 0.4) is 0 Å². The van der Waals surface area contributed by atoms with Gasteiger partial charge in [0.05, 0.1) is 10.4 Å². The zero-order valence-corrected chi connectivity index (χ0v) is 16.5. The van der Waals surface area contributed by atoms with Gasteiger partial charge in [-0.1, -0.05) is 24.3 Å². The van der Waals surface area contributed by atoms with Crippen LogP contribution >= 0.6 is 0 Å². The van der Waals surface area contributed by atoms with Crippen LogP contribution in [-0.4, -0.2) is 24.8 Å². The van der Waals surface area contributed by atoms with E-state index in [9.17, 15) is 13.2 Å². The van der Waals surface area contributed by atoms with Gasteiger partial charge in [0.25, 0.3) is 0 Å². The van der Waals surface area contributed by atoms with Crippen molar-refractivity contribution in [1.82, 2.24) is 10.3 Å². The van der Waals surface area contributed by atoms with E-state index in [4.69, 9.17) is 4.42 Å². The van der Waals surface area contributed by atoms with Crippen molar-refractivity contribution in [2.24, 2.45) is 0 Å². The van der Waals surface area contributed by atoms with Crippen molar-refractivity contribution < 1.29 is 12.8 Å². The molecule has 4 rings (SSSR count). The summed E-state index contributed by atoms with van der Waals surface area (Å²) in [6.45, 7) is 1.72. The summed E-state index contributed by atoms with van der Waals surface area (Å²) in [7, 11) is -3.38. The highest BCUT2D eigenvalue weighted by molar-refractivity contribution is 7.92. The Labute approximate surface area is 163 Å². The molecule has 1 aliphatic rings. The zero-order valence-electron chi connectivity index (χ0n) is 15.7. The molecule has 2 N–H and O–H groups in total. The van der Waals surface area contributed by atoms with E-state index in [1.54, 1.807) is 31.2 Å². The summed E-state index contributed by atoms with van der Waals surface area (Å²) in [5.41, 5.74) is 2.47. The number of hydrogen-bond donors (Lipinski definition) is 2. The van der Waals surface area contributed by atoms with E-state index >= 15 is 0 Å². The summed E-state index contributed by atoms with van der Waals surface area (Å²) in [5.74, 6) is -0.0441. The van der Waals surface area contributed by atoms with Gasteiger partial charge in [0, 0.05) is 6.04 Å². The molecule has 2 aromatic carbocycles. The Morgan fingerprint density at radius 2 is 1.79 bits per heavy atom. The normalized spacial score (nSPS) is 21.6. The van der Waals surface area contributed by atoms with Crippen molar-refractivity contribution in [1.29, 1.82) is 0 Å². The number of sulfone groups is 1. The topological polar surface area (TPSA) is 92.2 Å². The second kappa shape index (κ2) is 7.56. The number of aromatic nitrogens is 1. The molecule has 0 bridgehead atoms. The van der Waals surface area contributed by atoms with Crippen molar-refractivity contribution in [3.63, 3.8) is 0 Å². The first-order valence-electron chi connectivity index (χ1n) is 9.61. The summed E-state index contributed by atoms with van der Waals surface area (Å²) < 4.78 is 30.6. The fourth-order valence-electron chi connectivity index (χ4n) is 4.05. The molecule has 0 amide bonds. The monoisotopic (exact) mass is 400 g/mol. The Hall–Kier alpha value is -2.38. The minimum atomic E-state index is -3.38. The lowest BCUT2D eigenvalue weighted by molar-refractivity contribution is 0.338. The lowest BCUT2D eigenvalue weighted by Gasteiger charge is -2.31. The van der Waals surface area contributed by atoms with Crippen LogP contribution in [-0.2, 0) is 9.84 Å². The zero-order chi connectivity index (χ0) is 19.7. The molecule has 0 radical (unpaired) electrons. The molecule has 28 heavy (non-hydrogen) atoms. The first-order valence-corrected chi connectivity index (χ1v) is 11.2. The van der Waals surface area contributed by atoms with Crippen molar-refractivity contribution in [2.75, 3.05) is 0 Å². The summed E-state index contributed by atoms with van der Waals surface area (Å²) in [4.78, 5) is 14.3. The molecular formula is C21H24N2O4S. The van der Waals surface area contributed by atoms with E-state index in [1.807, 2.05) is 24.3 Å². The lowest BCUT2D eigenvalue weighted by Crippen LogP contribution is -2.42. The second-order valence-corrected chi connectivity index (χ2v) is 9.75. The van der Waals surface area contributed by atoms with Crippen LogP contribution in [0.5, 0.6) is 0 Å². The average molecular weight is 401 g/mol. The van der Waals surface area contributed by atoms with Gasteiger partial charge in [-0.15, -0.1) is 0 Å². The molecule has 0 saturated heterocycles. The van der Waals surface area contributed by atoms with Crippen molar-refractivity contribution in [3.8, 4) is 0 Å². The predicted octanol–water partition coefficient (Wildman–Crippen LogP) is 3.56. The number of fused-ring (bicyclic) bond motifs is 1. The maximum atomic E-state index is 12.7. The first-order chi connectivity index (χ1) is 13.4. The third-order valence-electron chi connectivity index (χ3n) is 5.65. The van der Waals surface area contributed by atoms with Gasteiger partial charge in [-0.25, -0.2) is 13.2 Å². The van der Waals surface area contributed by atoms with Crippen LogP contribution in [0.1, 0.15) is 44.1 Å². The molecule has 3 aromatic rings. The van der Waals surface area contributed by atoms with Gasteiger partial charge in [0.1, 0.15) is 5.37 Å². The highest BCUT2D eigenvalue weighted by Gasteiger charge is 2.28. The number of oxazole rings is 1. The lowest BCUT2D eigenvalue weighted by atomic mass is 9.81. The fraction of sp³-hybridized carbons (Fsp3) is 0.381. The third-order valence-corrected chi connectivity index (χ3v) is 7.65. The highest BCUT2D eigenvalue weighted by Crippen LogP contribution is 2.34. The van der Waals surface area contributed by atoms with E-state index in [0.717, 1.165) is 25.7 Å². The van der Waals surface area contributed by atoms with Crippen LogP contribution in [0.2, 0.25) is 0 Å². The number of nitrogens with one attached hydrogen (secondary N) is 2. The van der Waals surface area contributed by atoms with Gasteiger partial charge in [0.2, 0.25) is 0 Å². The molecule has 0 aliphatic heterocycles. The van der Waals surface area contributed by atoms with E-state index < -0.39 is 21.0 Å². The Bertz CT molecular complexity index is 1110. The number of benzene rings is 2. The van der Waals surface area contributed by atoms with E-state index in [1.165, 1.54) is 5.56 Å². The molecule has 1 unspecified atom stereocenters. The van der Waals surface area contributed by atoms with Crippen LogP contribution < -0.4 is 11.1 Å². The molecule has 1 fully saturated rings. The van der Waals surface area contributed by atoms with Gasteiger partial charge in [-0.2, -0.15) is 0 Å². The minimum Gasteiger partial charge on any atom is -0.408 e. The highest BCUT2D eigenvalue weighted by atomic mass is 32.2. The smallest absolute Gasteiger partial charge is 0.408 e. The molecule has 1 aliphatic carbocycles. The van der Waals surface area contributed by atoms with Gasteiger partial charge >= 0.3 is 5.76 Å². The maximum absolute atomic E-state index is 12.7. The predicted molar refractivity (Wildman–Crippen MR) is 108 cm³/mol. The van der Waals surface area contributed by atoms with Gasteiger partial charge in [-0.3, -0.25) is 10.3 Å². The van der Waals surface area contributed by atoms with E-state index in [-0.39, 0.29) is 6.04 Å². The van der Waals surface area contributed by atoms with Crippen LogP contribution in [0, 0.1) is 0 Å². The van der Waals surface area contributed by atoms with Crippen molar-refractivity contribution in [3.05, 3.63) is 64.6 Å². The first kappa shape index (κ1) is 19.0. The van der Waals surface area contributed by atoms with Crippen LogP contribution in [0.4, 0.5) is 0 Å². The third kappa shape index (κ3) is 3.77. The number of rotatable bonds is 5. The molecular weight excluding hydrogens is 376 g/mol. The summed E-state index contributed by atoms with van der Waals surface area (Å²) >= 11 is 0. The molecule has 1 saturated carbocycles. The van der Waals surface area contributed by atoms with E-state index in [0.29, 0.717) is 21.9 Å². The number of H-pyrrole nitrogens is 1. The SMILES string of the molecule is CC(NC1CCC(c2ccc3[nH]c(=O)oc3c2)CC1)S(=O)(=O)c1ccccc1. The number of aromatic amines is 1. The van der Waals surface area contributed by atoms with Crippen molar-refractivity contribution >= 4 is 20.9 Å². The van der Waals surface area contributed by atoms with E-state index in [2.05, 4.69) is 10.3 Å². The molecule has 148 valence electrons.